The standard InChI is InChI=1S/C27H30N2O6/c1-5-33-23-15-19(16-24(34-6-2)25(23)35-7-3)27(31)28-20-13-14-22(32-4)21(17-20)29-26(30)18-11-9-8-10-12-18/h8-17H,5-7H2,1-4H3,(H,28,31)(H,29,30). The van der Waals surface area contributed by atoms with Crippen LogP contribution < -0.4 is 29.6 Å². The highest BCUT2D eigenvalue weighted by atomic mass is 16.5. The minimum absolute atomic E-state index is 0.290. The van der Waals surface area contributed by atoms with Gasteiger partial charge in [-0.3, -0.25) is 9.59 Å². The molecule has 3 aromatic rings. The molecule has 0 spiro atoms. The van der Waals surface area contributed by atoms with Crippen LogP contribution in [0.4, 0.5) is 11.4 Å². The van der Waals surface area contributed by atoms with Crippen molar-refractivity contribution in [1.82, 2.24) is 0 Å². The molecule has 0 unspecified atom stereocenters. The highest BCUT2D eigenvalue weighted by Gasteiger charge is 2.19. The van der Waals surface area contributed by atoms with Crippen molar-refractivity contribution < 1.29 is 28.5 Å². The molecule has 2 N–H and O–H groups in total. The SMILES string of the molecule is CCOc1cc(C(=O)Nc2ccc(OC)c(NC(=O)c3ccccc3)c2)cc(OCC)c1OCC. The van der Waals surface area contributed by atoms with E-state index in [1.807, 2.05) is 26.8 Å². The summed E-state index contributed by atoms with van der Waals surface area (Å²) in [6.07, 6.45) is 0. The van der Waals surface area contributed by atoms with E-state index in [0.29, 0.717) is 65.3 Å². The molecular formula is C27H30N2O6. The molecule has 3 aromatic carbocycles. The molecule has 2 amide bonds. The first-order valence-corrected chi connectivity index (χ1v) is 11.4. The second kappa shape index (κ2) is 12.3. The Kier molecular flexibility index (Phi) is 8.95. The van der Waals surface area contributed by atoms with E-state index < -0.39 is 0 Å². The van der Waals surface area contributed by atoms with Gasteiger partial charge in [-0.25, -0.2) is 0 Å². The Morgan fingerprint density at radius 3 is 1.86 bits per heavy atom. The zero-order chi connectivity index (χ0) is 25.2. The van der Waals surface area contributed by atoms with Crippen LogP contribution in [0.25, 0.3) is 0 Å². The average Bonchev–Trinajstić information content (AvgIpc) is 2.86. The van der Waals surface area contributed by atoms with Crippen LogP contribution >= 0.6 is 0 Å². The number of ether oxygens (including phenoxy) is 4. The van der Waals surface area contributed by atoms with Gasteiger partial charge in [0.2, 0.25) is 5.75 Å². The van der Waals surface area contributed by atoms with Crippen molar-refractivity contribution in [2.24, 2.45) is 0 Å². The smallest absolute Gasteiger partial charge is 0.255 e. The van der Waals surface area contributed by atoms with Gasteiger partial charge < -0.3 is 29.6 Å². The summed E-state index contributed by atoms with van der Waals surface area (Å²) in [5, 5.41) is 5.69. The first-order chi connectivity index (χ1) is 17.0. The highest BCUT2D eigenvalue weighted by molar-refractivity contribution is 6.07. The van der Waals surface area contributed by atoms with E-state index in [-0.39, 0.29) is 11.8 Å². The third-order valence-corrected chi connectivity index (χ3v) is 4.91. The first kappa shape index (κ1) is 25.4. The molecule has 0 saturated heterocycles. The van der Waals surface area contributed by atoms with E-state index in [0.717, 1.165) is 0 Å². The lowest BCUT2D eigenvalue weighted by Gasteiger charge is -2.17. The summed E-state index contributed by atoms with van der Waals surface area (Å²) in [6.45, 7) is 6.80. The molecule has 0 aliphatic carbocycles. The van der Waals surface area contributed by atoms with Crippen LogP contribution in [0.2, 0.25) is 0 Å². The largest absolute Gasteiger partial charge is 0.495 e. The van der Waals surface area contributed by atoms with E-state index in [1.54, 1.807) is 54.6 Å². The molecule has 0 atom stereocenters. The van der Waals surface area contributed by atoms with Gasteiger partial charge in [0.1, 0.15) is 5.75 Å². The molecule has 8 heteroatoms. The molecule has 184 valence electrons. The topological polar surface area (TPSA) is 95.1 Å². The molecule has 0 aliphatic rings. The normalized spacial score (nSPS) is 10.3. The fourth-order valence-electron chi connectivity index (χ4n) is 3.39. The maximum absolute atomic E-state index is 13.1. The average molecular weight is 479 g/mol. The number of benzene rings is 3. The Balaban J connectivity index is 1.87. The van der Waals surface area contributed by atoms with Crippen molar-refractivity contribution in [3.8, 4) is 23.0 Å². The molecule has 8 nitrogen and oxygen atoms in total. The molecule has 0 aliphatic heterocycles. The van der Waals surface area contributed by atoms with E-state index in [2.05, 4.69) is 10.6 Å². The zero-order valence-electron chi connectivity index (χ0n) is 20.3. The second-order valence-electron chi connectivity index (χ2n) is 7.29. The lowest BCUT2D eigenvalue weighted by atomic mass is 10.1. The van der Waals surface area contributed by atoms with E-state index in [1.165, 1.54) is 7.11 Å². The lowest BCUT2D eigenvalue weighted by Crippen LogP contribution is -2.15. The quantitative estimate of drug-likeness (QED) is 0.383. The summed E-state index contributed by atoms with van der Waals surface area (Å²) >= 11 is 0. The van der Waals surface area contributed by atoms with Crippen LogP contribution in [-0.2, 0) is 0 Å². The number of methoxy groups -OCH3 is 1. The summed E-state index contributed by atoms with van der Waals surface area (Å²) in [7, 11) is 1.51. The van der Waals surface area contributed by atoms with Crippen molar-refractivity contribution in [2.45, 2.75) is 20.8 Å². The monoisotopic (exact) mass is 478 g/mol. The molecular weight excluding hydrogens is 448 g/mol. The van der Waals surface area contributed by atoms with Crippen LogP contribution in [0.5, 0.6) is 23.0 Å². The predicted molar refractivity (Wildman–Crippen MR) is 135 cm³/mol. The highest BCUT2D eigenvalue weighted by Crippen LogP contribution is 2.39. The van der Waals surface area contributed by atoms with E-state index in [4.69, 9.17) is 18.9 Å². The third-order valence-electron chi connectivity index (χ3n) is 4.91. The van der Waals surface area contributed by atoms with Crippen molar-refractivity contribution in [3.63, 3.8) is 0 Å². The van der Waals surface area contributed by atoms with Crippen LogP contribution in [-0.4, -0.2) is 38.7 Å². The molecule has 0 heterocycles. The fraction of sp³-hybridized carbons (Fsp3) is 0.259. The Morgan fingerprint density at radius 2 is 1.29 bits per heavy atom. The zero-order valence-corrected chi connectivity index (χ0v) is 20.3. The summed E-state index contributed by atoms with van der Waals surface area (Å²) in [4.78, 5) is 25.8. The molecule has 0 aromatic heterocycles. The molecule has 0 bridgehead atoms. The van der Waals surface area contributed by atoms with E-state index in [9.17, 15) is 9.59 Å². The summed E-state index contributed by atoms with van der Waals surface area (Å²) < 4.78 is 22.5. The van der Waals surface area contributed by atoms with Gasteiger partial charge in [0, 0.05) is 16.8 Å². The number of carbonyl (C=O) groups excluding carboxylic acids is 2. The number of hydrogen-bond donors (Lipinski definition) is 2. The Hall–Kier alpha value is -4.20. The first-order valence-electron chi connectivity index (χ1n) is 11.4. The maximum atomic E-state index is 13.1. The molecule has 0 fully saturated rings. The van der Waals surface area contributed by atoms with Gasteiger partial charge in [0.25, 0.3) is 11.8 Å². The minimum Gasteiger partial charge on any atom is -0.495 e. The lowest BCUT2D eigenvalue weighted by molar-refractivity contribution is 0.101. The molecule has 35 heavy (non-hydrogen) atoms. The summed E-state index contributed by atoms with van der Waals surface area (Å²) in [5.41, 5.74) is 1.75. The predicted octanol–water partition coefficient (Wildman–Crippen LogP) is 5.40. The van der Waals surface area contributed by atoms with Crippen molar-refractivity contribution in [1.29, 1.82) is 0 Å². The van der Waals surface area contributed by atoms with E-state index >= 15 is 0 Å². The van der Waals surface area contributed by atoms with Crippen LogP contribution in [0, 0.1) is 0 Å². The van der Waals surface area contributed by atoms with Crippen LogP contribution in [0.3, 0.4) is 0 Å². The number of carbonyl (C=O) groups is 2. The van der Waals surface area contributed by atoms with Crippen molar-refractivity contribution in [2.75, 3.05) is 37.6 Å². The van der Waals surface area contributed by atoms with Gasteiger partial charge in [0.15, 0.2) is 11.5 Å². The summed E-state index contributed by atoms with van der Waals surface area (Å²) in [6, 6.07) is 17.1. The third kappa shape index (κ3) is 6.44. The van der Waals surface area contributed by atoms with Gasteiger partial charge >= 0.3 is 0 Å². The summed E-state index contributed by atoms with van der Waals surface area (Å²) in [5.74, 6) is 1.11. The van der Waals surface area contributed by atoms with Crippen molar-refractivity contribution >= 4 is 23.2 Å². The van der Waals surface area contributed by atoms with Gasteiger partial charge in [-0.1, -0.05) is 18.2 Å². The maximum Gasteiger partial charge on any atom is 0.255 e. The fourth-order valence-corrected chi connectivity index (χ4v) is 3.39. The number of anilines is 2. The number of amides is 2. The molecule has 0 saturated carbocycles. The minimum atomic E-state index is -0.375. The van der Waals surface area contributed by atoms with Crippen molar-refractivity contribution in [3.05, 3.63) is 71.8 Å². The van der Waals surface area contributed by atoms with Crippen LogP contribution in [0.15, 0.2) is 60.7 Å². The number of rotatable bonds is 11. The molecule has 3 rings (SSSR count). The number of hydrogen-bond acceptors (Lipinski definition) is 6. The van der Waals surface area contributed by atoms with Gasteiger partial charge in [-0.15, -0.1) is 0 Å². The van der Waals surface area contributed by atoms with Gasteiger partial charge in [-0.05, 0) is 63.2 Å². The molecule has 0 radical (unpaired) electrons. The second-order valence-corrected chi connectivity index (χ2v) is 7.29. The van der Waals surface area contributed by atoms with Gasteiger partial charge in [-0.2, -0.15) is 0 Å². The van der Waals surface area contributed by atoms with Gasteiger partial charge in [0.05, 0.1) is 32.6 Å². The number of nitrogens with one attached hydrogen (secondary N) is 2. The Morgan fingerprint density at radius 1 is 0.686 bits per heavy atom. The van der Waals surface area contributed by atoms with Crippen LogP contribution in [0.1, 0.15) is 41.5 Å². The Bertz CT molecular complexity index is 1140. The Labute approximate surface area is 205 Å².